The molecule has 74 valence electrons. The van der Waals surface area contributed by atoms with Gasteiger partial charge in [0.05, 0.1) is 0 Å². The van der Waals surface area contributed by atoms with Gasteiger partial charge in [-0.1, -0.05) is 0 Å². The van der Waals surface area contributed by atoms with Crippen molar-refractivity contribution in [3.63, 3.8) is 0 Å². The molecule has 0 saturated carbocycles. The van der Waals surface area contributed by atoms with Crippen LogP contribution in [-0.2, 0) is 10.0 Å². The van der Waals surface area contributed by atoms with Crippen molar-refractivity contribution < 1.29 is 8.42 Å². The summed E-state index contributed by atoms with van der Waals surface area (Å²) in [6, 6.07) is 0. The number of sulfonamides is 1. The Hall–Kier alpha value is 0.160. The molecular formula is C6H15ClN2O2S. The monoisotopic (exact) mass is 214 g/mol. The van der Waals surface area contributed by atoms with Crippen LogP contribution < -0.4 is 4.72 Å². The molecule has 0 atom stereocenters. The van der Waals surface area contributed by atoms with Crippen molar-refractivity contribution in [2.45, 2.75) is 6.42 Å². The van der Waals surface area contributed by atoms with Gasteiger partial charge in [0.2, 0.25) is 10.0 Å². The normalized spacial score (nSPS) is 12.3. The minimum Gasteiger partial charge on any atom is -0.309 e. The van der Waals surface area contributed by atoms with Gasteiger partial charge in [-0.2, -0.15) is 0 Å². The van der Waals surface area contributed by atoms with Gasteiger partial charge in [0.1, 0.15) is 5.21 Å². The second kappa shape index (κ2) is 5.75. The van der Waals surface area contributed by atoms with E-state index >= 15 is 0 Å². The lowest BCUT2D eigenvalue weighted by atomic mass is 10.4. The zero-order valence-electron chi connectivity index (χ0n) is 7.38. The van der Waals surface area contributed by atoms with E-state index in [9.17, 15) is 8.42 Å². The summed E-state index contributed by atoms with van der Waals surface area (Å²) in [6.45, 7) is 1.32. The van der Waals surface area contributed by atoms with Crippen molar-refractivity contribution in [2.75, 3.05) is 32.4 Å². The van der Waals surface area contributed by atoms with Crippen molar-refractivity contribution in [3.8, 4) is 0 Å². The lowest BCUT2D eigenvalue weighted by Gasteiger charge is -2.08. The van der Waals surface area contributed by atoms with Crippen molar-refractivity contribution in [2.24, 2.45) is 0 Å². The number of hydrogen-bond acceptors (Lipinski definition) is 3. The molecule has 0 saturated heterocycles. The minimum atomic E-state index is -3.22. The van der Waals surface area contributed by atoms with Gasteiger partial charge in [0.25, 0.3) is 0 Å². The Morgan fingerprint density at radius 2 is 2.00 bits per heavy atom. The molecular weight excluding hydrogens is 200 g/mol. The highest BCUT2D eigenvalue weighted by atomic mass is 35.5. The molecule has 0 aromatic heterocycles. The summed E-state index contributed by atoms with van der Waals surface area (Å²) in [5.74, 6) is 0. The molecule has 12 heavy (non-hydrogen) atoms. The van der Waals surface area contributed by atoms with Crippen LogP contribution >= 0.6 is 11.6 Å². The molecule has 0 aliphatic rings. The molecule has 4 nitrogen and oxygen atoms in total. The predicted molar refractivity (Wildman–Crippen MR) is 50.8 cm³/mol. The molecule has 0 amide bonds. The fourth-order valence-corrected chi connectivity index (χ4v) is 1.43. The molecule has 0 heterocycles. The number of halogens is 1. The summed E-state index contributed by atoms with van der Waals surface area (Å²) in [7, 11) is 0.661. The third-order valence-electron chi connectivity index (χ3n) is 1.25. The Morgan fingerprint density at radius 1 is 1.42 bits per heavy atom. The molecule has 0 unspecified atom stereocenters. The number of alkyl halides is 1. The second-order valence-corrected chi connectivity index (χ2v) is 5.17. The van der Waals surface area contributed by atoms with Gasteiger partial charge in [-0.25, -0.2) is 13.1 Å². The zero-order chi connectivity index (χ0) is 9.61. The number of hydrogen-bond donors (Lipinski definition) is 1. The Morgan fingerprint density at radius 3 is 2.42 bits per heavy atom. The maximum Gasteiger partial charge on any atom is 0.225 e. The van der Waals surface area contributed by atoms with Gasteiger partial charge in [-0.3, -0.25) is 0 Å². The fraction of sp³-hybridized carbons (Fsp3) is 1.00. The summed E-state index contributed by atoms with van der Waals surface area (Å²) in [4.78, 5) is 2.00. The number of nitrogens with zero attached hydrogens (tertiary/aromatic N) is 1. The van der Waals surface area contributed by atoms with E-state index in [0.717, 1.165) is 13.0 Å². The first kappa shape index (κ1) is 12.2. The molecule has 0 aromatic carbocycles. The molecule has 0 spiro atoms. The topological polar surface area (TPSA) is 49.4 Å². The van der Waals surface area contributed by atoms with Crippen LogP contribution in [0, 0.1) is 0 Å². The molecule has 0 radical (unpaired) electrons. The second-order valence-electron chi connectivity index (χ2n) is 2.78. The van der Waals surface area contributed by atoms with Crippen LogP contribution in [0.2, 0.25) is 0 Å². The van der Waals surface area contributed by atoms with Gasteiger partial charge >= 0.3 is 0 Å². The van der Waals surface area contributed by atoms with E-state index in [1.807, 2.05) is 19.0 Å². The third kappa shape index (κ3) is 6.84. The molecule has 0 rings (SSSR count). The summed E-state index contributed by atoms with van der Waals surface area (Å²) in [5, 5.41) is -0.366. The molecule has 0 aliphatic carbocycles. The van der Waals surface area contributed by atoms with Gasteiger partial charge in [-0.15, -0.1) is 11.6 Å². The van der Waals surface area contributed by atoms with Crippen molar-refractivity contribution in [1.82, 2.24) is 9.62 Å². The van der Waals surface area contributed by atoms with E-state index in [1.54, 1.807) is 0 Å². The first-order chi connectivity index (χ1) is 5.48. The highest BCUT2D eigenvalue weighted by Gasteiger charge is 2.05. The van der Waals surface area contributed by atoms with E-state index in [0.29, 0.717) is 6.54 Å². The highest BCUT2D eigenvalue weighted by Crippen LogP contribution is 1.88. The Kier molecular flexibility index (Phi) is 5.82. The molecule has 1 N–H and O–H groups in total. The lowest BCUT2D eigenvalue weighted by molar-refractivity contribution is 0.400. The van der Waals surface area contributed by atoms with Gasteiger partial charge in [0.15, 0.2) is 0 Å². The summed E-state index contributed by atoms with van der Waals surface area (Å²) < 4.78 is 24.0. The average molecular weight is 215 g/mol. The average Bonchev–Trinajstić information content (AvgIpc) is 1.98. The standard InChI is InChI=1S/C6H15ClN2O2S/c1-9(2)5-3-4-8-12(10,11)6-7/h8H,3-6H2,1-2H3. The first-order valence-electron chi connectivity index (χ1n) is 3.66. The van der Waals surface area contributed by atoms with E-state index < -0.39 is 10.0 Å². The maximum absolute atomic E-state index is 10.8. The quantitative estimate of drug-likeness (QED) is 0.502. The summed E-state index contributed by atoms with van der Waals surface area (Å²) >= 11 is 5.17. The van der Waals surface area contributed by atoms with Crippen LogP contribution in [0.4, 0.5) is 0 Å². The van der Waals surface area contributed by atoms with Crippen LogP contribution in [0.25, 0.3) is 0 Å². The molecule has 0 fully saturated rings. The lowest BCUT2D eigenvalue weighted by Crippen LogP contribution is -2.27. The van der Waals surface area contributed by atoms with E-state index in [1.165, 1.54) is 0 Å². The van der Waals surface area contributed by atoms with E-state index in [-0.39, 0.29) is 5.21 Å². The van der Waals surface area contributed by atoms with Crippen molar-refractivity contribution in [1.29, 1.82) is 0 Å². The Bertz CT molecular complexity index is 204. The van der Waals surface area contributed by atoms with E-state index in [4.69, 9.17) is 11.6 Å². The predicted octanol–water partition coefficient (Wildman–Crippen LogP) is 0.0538. The van der Waals surface area contributed by atoms with Crippen LogP contribution in [0.5, 0.6) is 0 Å². The van der Waals surface area contributed by atoms with Gasteiger partial charge in [-0.05, 0) is 27.1 Å². The molecule has 0 aliphatic heterocycles. The van der Waals surface area contributed by atoms with Crippen molar-refractivity contribution >= 4 is 21.6 Å². The SMILES string of the molecule is CN(C)CCCNS(=O)(=O)CCl. The van der Waals surface area contributed by atoms with Gasteiger partial charge in [0, 0.05) is 6.54 Å². The van der Waals surface area contributed by atoms with Crippen molar-refractivity contribution in [3.05, 3.63) is 0 Å². The molecule has 0 aromatic rings. The first-order valence-corrected chi connectivity index (χ1v) is 5.84. The highest BCUT2D eigenvalue weighted by molar-refractivity contribution is 7.90. The van der Waals surface area contributed by atoms with Crippen LogP contribution in [0.15, 0.2) is 0 Å². The fourth-order valence-electron chi connectivity index (χ4n) is 0.662. The Balaban J connectivity index is 3.45. The summed E-state index contributed by atoms with van der Waals surface area (Å²) in [6.07, 6.45) is 0.795. The summed E-state index contributed by atoms with van der Waals surface area (Å²) in [5.41, 5.74) is 0. The minimum absolute atomic E-state index is 0.366. The zero-order valence-corrected chi connectivity index (χ0v) is 8.95. The smallest absolute Gasteiger partial charge is 0.225 e. The Labute approximate surface area is 78.9 Å². The number of nitrogens with one attached hydrogen (secondary N) is 1. The van der Waals surface area contributed by atoms with Crippen LogP contribution in [0.1, 0.15) is 6.42 Å². The molecule has 6 heteroatoms. The van der Waals surface area contributed by atoms with Crippen LogP contribution in [0.3, 0.4) is 0 Å². The molecule has 0 bridgehead atoms. The number of rotatable bonds is 6. The van der Waals surface area contributed by atoms with E-state index in [2.05, 4.69) is 4.72 Å². The van der Waals surface area contributed by atoms with Crippen LogP contribution in [-0.4, -0.2) is 45.7 Å². The third-order valence-corrected chi connectivity index (χ3v) is 3.04. The maximum atomic E-state index is 10.8. The largest absolute Gasteiger partial charge is 0.309 e. The van der Waals surface area contributed by atoms with Gasteiger partial charge < -0.3 is 4.90 Å².